The molecule has 1 atom stereocenters. The molecule has 1 aliphatic carbocycles. The van der Waals surface area contributed by atoms with Crippen molar-refractivity contribution in [2.24, 2.45) is 5.92 Å². The van der Waals surface area contributed by atoms with Crippen LogP contribution in [0.25, 0.3) is 0 Å². The Hall–Kier alpha value is -2.62. The molecule has 1 unspecified atom stereocenters. The molecule has 1 aliphatic rings. The van der Waals surface area contributed by atoms with Crippen molar-refractivity contribution >= 4 is 11.9 Å². The van der Waals surface area contributed by atoms with E-state index in [2.05, 4.69) is 0 Å². The maximum Gasteiger partial charge on any atom is 0.514 e. The zero-order valence-electron chi connectivity index (χ0n) is 12.2. The summed E-state index contributed by atoms with van der Waals surface area (Å²) in [4.78, 5) is 24.0. The standard InChI is InChI=1S/C18H16O4/c1-12-10-14-8-5-9-15(16(14)17(12)19)22-18(20)21-11-13-6-3-2-4-7-13/h2-9,12H,10-11H2,1H3. The summed E-state index contributed by atoms with van der Waals surface area (Å²) in [6.45, 7) is 2.01. The predicted octanol–water partition coefficient (Wildman–Crippen LogP) is 3.78. The van der Waals surface area contributed by atoms with Gasteiger partial charge in [0, 0.05) is 5.92 Å². The Bertz CT molecular complexity index is 706. The summed E-state index contributed by atoms with van der Waals surface area (Å²) in [5, 5.41) is 0. The van der Waals surface area contributed by atoms with Crippen molar-refractivity contribution < 1.29 is 19.1 Å². The van der Waals surface area contributed by atoms with Crippen LogP contribution in [0.5, 0.6) is 5.75 Å². The first kappa shape index (κ1) is 14.3. The van der Waals surface area contributed by atoms with Crippen molar-refractivity contribution in [3.05, 3.63) is 65.2 Å². The van der Waals surface area contributed by atoms with Gasteiger partial charge in [-0.3, -0.25) is 4.79 Å². The molecule has 4 nitrogen and oxygen atoms in total. The predicted molar refractivity (Wildman–Crippen MR) is 80.9 cm³/mol. The second-order valence-electron chi connectivity index (χ2n) is 5.39. The van der Waals surface area contributed by atoms with Crippen LogP contribution < -0.4 is 4.74 Å². The second kappa shape index (κ2) is 6.02. The average Bonchev–Trinajstić information content (AvgIpc) is 2.82. The molecule has 3 rings (SSSR count). The highest BCUT2D eigenvalue weighted by atomic mass is 16.7. The summed E-state index contributed by atoms with van der Waals surface area (Å²) in [7, 11) is 0. The van der Waals surface area contributed by atoms with E-state index < -0.39 is 6.16 Å². The fraction of sp³-hybridized carbons (Fsp3) is 0.222. The number of rotatable bonds is 3. The highest BCUT2D eigenvalue weighted by Gasteiger charge is 2.30. The van der Waals surface area contributed by atoms with Crippen LogP contribution in [0.4, 0.5) is 4.79 Å². The molecule has 0 aliphatic heterocycles. The monoisotopic (exact) mass is 296 g/mol. The Morgan fingerprint density at radius 2 is 1.91 bits per heavy atom. The summed E-state index contributed by atoms with van der Waals surface area (Å²) in [6.07, 6.45) is -0.116. The van der Waals surface area contributed by atoms with Gasteiger partial charge in [0.05, 0.1) is 5.56 Å². The van der Waals surface area contributed by atoms with Crippen LogP contribution >= 0.6 is 0 Å². The fourth-order valence-electron chi connectivity index (χ4n) is 2.62. The van der Waals surface area contributed by atoms with E-state index >= 15 is 0 Å². The molecule has 0 radical (unpaired) electrons. The lowest BCUT2D eigenvalue weighted by Gasteiger charge is -2.09. The maximum atomic E-state index is 12.1. The van der Waals surface area contributed by atoms with E-state index in [1.165, 1.54) is 0 Å². The summed E-state index contributed by atoms with van der Waals surface area (Å²) in [5.41, 5.74) is 2.31. The lowest BCUT2D eigenvalue weighted by Crippen LogP contribution is -2.13. The van der Waals surface area contributed by atoms with Crippen molar-refractivity contribution in [3.8, 4) is 5.75 Å². The molecular weight excluding hydrogens is 280 g/mol. The Kier molecular flexibility index (Phi) is 3.92. The fourth-order valence-corrected chi connectivity index (χ4v) is 2.62. The molecule has 2 aromatic carbocycles. The van der Waals surface area contributed by atoms with Gasteiger partial charge < -0.3 is 9.47 Å². The number of carbonyl (C=O) groups excluding carboxylic acids is 2. The number of hydrogen-bond acceptors (Lipinski definition) is 4. The highest BCUT2D eigenvalue weighted by molar-refractivity contribution is 6.04. The number of fused-ring (bicyclic) bond motifs is 1. The number of ketones is 1. The van der Waals surface area contributed by atoms with Gasteiger partial charge in [-0.2, -0.15) is 0 Å². The van der Waals surface area contributed by atoms with E-state index in [4.69, 9.17) is 9.47 Å². The smallest absolute Gasteiger partial charge is 0.429 e. The van der Waals surface area contributed by atoms with Crippen LogP contribution in [0, 0.1) is 5.92 Å². The van der Waals surface area contributed by atoms with Crippen molar-refractivity contribution in [2.45, 2.75) is 20.0 Å². The first-order valence-electron chi connectivity index (χ1n) is 7.20. The van der Waals surface area contributed by atoms with Crippen molar-refractivity contribution in [2.75, 3.05) is 0 Å². The van der Waals surface area contributed by atoms with E-state index in [9.17, 15) is 9.59 Å². The van der Waals surface area contributed by atoms with Crippen LogP contribution in [-0.4, -0.2) is 11.9 Å². The van der Waals surface area contributed by atoms with Crippen LogP contribution in [0.3, 0.4) is 0 Å². The van der Waals surface area contributed by atoms with E-state index in [0.717, 1.165) is 11.1 Å². The van der Waals surface area contributed by atoms with Crippen LogP contribution in [0.1, 0.15) is 28.4 Å². The van der Waals surface area contributed by atoms with Crippen LogP contribution in [0.15, 0.2) is 48.5 Å². The average molecular weight is 296 g/mol. The van der Waals surface area contributed by atoms with Gasteiger partial charge >= 0.3 is 6.16 Å². The topological polar surface area (TPSA) is 52.6 Å². The lowest BCUT2D eigenvalue weighted by atomic mass is 10.1. The third-order valence-electron chi connectivity index (χ3n) is 3.73. The first-order valence-corrected chi connectivity index (χ1v) is 7.20. The third kappa shape index (κ3) is 2.86. The molecule has 0 amide bonds. The zero-order chi connectivity index (χ0) is 15.5. The molecule has 2 aromatic rings. The highest BCUT2D eigenvalue weighted by Crippen LogP contribution is 2.33. The number of Topliss-reactive ketones (excluding diaryl/α,β-unsaturated/α-hetero) is 1. The molecule has 0 bridgehead atoms. The zero-order valence-corrected chi connectivity index (χ0v) is 12.2. The molecule has 4 heteroatoms. The molecule has 0 saturated heterocycles. The maximum absolute atomic E-state index is 12.1. The summed E-state index contributed by atoms with van der Waals surface area (Å²) < 4.78 is 10.3. The van der Waals surface area contributed by atoms with Crippen LogP contribution in [0.2, 0.25) is 0 Å². The lowest BCUT2D eigenvalue weighted by molar-refractivity contribution is 0.0901. The normalized spacial score (nSPS) is 16.2. The Labute approximate surface area is 128 Å². The Morgan fingerprint density at radius 3 is 2.68 bits per heavy atom. The van der Waals surface area contributed by atoms with Gasteiger partial charge in [-0.05, 0) is 23.6 Å². The van der Waals surface area contributed by atoms with Crippen molar-refractivity contribution in [1.29, 1.82) is 0 Å². The second-order valence-corrected chi connectivity index (χ2v) is 5.39. The van der Waals surface area contributed by atoms with Gasteiger partial charge in [-0.25, -0.2) is 4.79 Å². The molecular formula is C18H16O4. The quantitative estimate of drug-likeness (QED) is 0.639. The summed E-state index contributed by atoms with van der Waals surface area (Å²) in [6, 6.07) is 14.6. The molecule has 22 heavy (non-hydrogen) atoms. The minimum atomic E-state index is -0.801. The summed E-state index contributed by atoms with van der Waals surface area (Å²) in [5.74, 6) is 0.228. The van der Waals surface area contributed by atoms with Crippen molar-refractivity contribution in [1.82, 2.24) is 0 Å². The molecule has 0 heterocycles. The van der Waals surface area contributed by atoms with Gasteiger partial charge in [0.1, 0.15) is 12.4 Å². The van der Waals surface area contributed by atoms with E-state index in [-0.39, 0.29) is 24.1 Å². The van der Waals surface area contributed by atoms with E-state index in [0.29, 0.717) is 12.0 Å². The van der Waals surface area contributed by atoms with Gasteiger partial charge in [0.2, 0.25) is 0 Å². The number of hydrogen-bond donors (Lipinski definition) is 0. The molecule has 0 saturated carbocycles. The number of carbonyl (C=O) groups is 2. The van der Waals surface area contributed by atoms with Gasteiger partial charge in [-0.15, -0.1) is 0 Å². The SMILES string of the molecule is CC1Cc2cccc(OC(=O)OCc3ccccc3)c2C1=O. The van der Waals surface area contributed by atoms with E-state index in [1.54, 1.807) is 12.1 Å². The Balaban J connectivity index is 1.68. The minimum Gasteiger partial charge on any atom is -0.429 e. The largest absolute Gasteiger partial charge is 0.514 e. The minimum absolute atomic E-state index is 0.0152. The molecule has 0 N–H and O–H groups in total. The van der Waals surface area contributed by atoms with Gasteiger partial charge in [-0.1, -0.05) is 49.4 Å². The summed E-state index contributed by atoms with van der Waals surface area (Å²) >= 11 is 0. The van der Waals surface area contributed by atoms with Gasteiger partial charge in [0.25, 0.3) is 0 Å². The molecule has 0 fully saturated rings. The molecule has 0 aromatic heterocycles. The number of benzene rings is 2. The van der Waals surface area contributed by atoms with E-state index in [1.807, 2.05) is 43.3 Å². The Morgan fingerprint density at radius 1 is 1.14 bits per heavy atom. The van der Waals surface area contributed by atoms with Crippen LogP contribution in [-0.2, 0) is 17.8 Å². The first-order chi connectivity index (χ1) is 10.6. The van der Waals surface area contributed by atoms with Crippen molar-refractivity contribution in [3.63, 3.8) is 0 Å². The third-order valence-corrected chi connectivity index (χ3v) is 3.73. The van der Waals surface area contributed by atoms with Gasteiger partial charge in [0.15, 0.2) is 5.78 Å². The molecule has 0 spiro atoms. The number of ether oxygens (including phenoxy) is 2. The molecule has 112 valence electrons.